The molecule has 2 heterocycles. The van der Waals surface area contributed by atoms with Crippen LogP contribution < -0.4 is 5.32 Å². The summed E-state index contributed by atoms with van der Waals surface area (Å²) in [4.78, 5) is 28.7. The molecule has 1 aromatic carbocycles. The molecule has 0 spiro atoms. The first-order chi connectivity index (χ1) is 13.4. The van der Waals surface area contributed by atoms with Crippen molar-refractivity contribution in [3.8, 4) is 11.3 Å². The van der Waals surface area contributed by atoms with Crippen LogP contribution in [0.2, 0.25) is 0 Å². The fourth-order valence-corrected chi connectivity index (χ4v) is 3.12. The highest BCUT2D eigenvalue weighted by molar-refractivity contribution is 7.17. The second-order valence-corrected chi connectivity index (χ2v) is 6.81. The van der Waals surface area contributed by atoms with E-state index in [-0.39, 0.29) is 33.9 Å². The Morgan fingerprint density at radius 1 is 1.36 bits per heavy atom. The molecule has 3 rings (SSSR count). The molecule has 0 saturated carbocycles. The van der Waals surface area contributed by atoms with E-state index in [1.807, 2.05) is 0 Å². The molecule has 0 aliphatic heterocycles. The van der Waals surface area contributed by atoms with E-state index in [0.717, 1.165) is 11.3 Å². The van der Waals surface area contributed by atoms with E-state index in [2.05, 4.69) is 22.0 Å². The van der Waals surface area contributed by atoms with Crippen molar-refractivity contribution in [3.63, 3.8) is 0 Å². The minimum absolute atomic E-state index is 0.000352. The maximum Gasteiger partial charge on any atom is 0.350 e. The summed E-state index contributed by atoms with van der Waals surface area (Å²) in [5.74, 6) is -1.23. The molecule has 7 nitrogen and oxygen atoms in total. The van der Waals surface area contributed by atoms with Crippen molar-refractivity contribution in [2.45, 2.75) is 13.8 Å². The Kier molecular flexibility index (Phi) is 5.65. The van der Waals surface area contributed by atoms with Gasteiger partial charge in [-0.1, -0.05) is 41.3 Å². The Morgan fingerprint density at radius 3 is 2.86 bits per heavy atom. The van der Waals surface area contributed by atoms with Crippen LogP contribution in [0.4, 0.5) is 9.52 Å². The molecule has 2 aromatic heterocycles. The van der Waals surface area contributed by atoms with Crippen molar-refractivity contribution in [2.24, 2.45) is 0 Å². The van der Waals surface area contributed by atoms with Crippen LogP contribution in [0.5, 0.6) is 0 Å². The Morgan fingerprint density at radius 2 is 2.14 bits per heavy atom. The van der Waals surface area contributed by atoms with Gasteiger partial charge in [0, 0.05) is 11.6 Å². The number of nitrogens with zero attached hydrogens (tertiary/aromatic N) is 2. The van der Waals surface area contributed by atoms with Crippen LogP contribution in [-0.2, 0) is 4.74 Å². The average Bonchev–Trinajstić information content (AvgIpc) is 3.29. The van der Waals surface area contributed by atoms with Gasteiger partial charge >= 0.3 is 5.97 Å². The van der Waals surface area contributed by atoms with Gasteiger partial charge in [-0.05, 0) is 25.5 Å². The Labute approximate surface area is 163 Å². The maximum atomic E-state index is 13.7. The van der Waals surface area contributed by atoms with Gasteiger partial charge in [0.25, 0.3) is 5.91 Å². The number of anilines is 1. The van der Waals surface area contributed by atoms with Crippen molar-refractivity contribution < 1.29 is 23.2 Å². The number of hydrogen-bond donors (Lipinski definition) is 1. The van der Waals surface area contributed by atoms with E-state index >= 15 is 0 Å². The smallest absolute Gasteiger partial charge is 0.350 e. The van der Waals surface area contributed by atoms with Crippen molar-refractivity contribution in [1.29, 1.82) is 0 Å². The molecule has 1 N–H and O–H groups in total. The summed E-state index contributed by atoms with van der Waals surface area (Å²) in [7, 11) is 0. The molecule has 9 heteroatoms. The first kappa shape index (κ1) is 19.4. The molecule has 28 heavy (non-hydrogen) atoms. The molecule has 0 bridgehead atoms. The number of aryl methyl sites for hydroxylation is 2. The number of amides is 1. The van der Waals surface area contributed by atoms with Gasteiger partial charge < -0.3 is 9.26 Å². The molecule has 0 aliphatic carbocycles. The van der Waals surface area contributed by atoms with Crippen molar-refractivity contribution in [2.75, 3.05) is 11.9 Å². The predicted molar refractivity (Wildman–Crippen MR) is 102 cm³/mol. The highest BCUT2D eigenvalue weighted by atomic mass is 32.1. The standard InChI is InChI=1S/C19H16FN3O4S/c1-4-7-26-18(25)16-11(3)21-19(28-16)22-17(24)14-9-15(27-23-14)12-6-5-10(2)13(20)8-12/h4-6,8-9H,1,7H2,2-3H3,(H,21,22,24). The van der Waals surface area contributed by atoms with Gasteiger partial charge in [0.05, 0.1) is 5.69 Å². The quantitative estimate of drug-likeness (QED) is 0.493. The molecule has 0 aliphatic rings. The summed E-state index contributed by atoms with van der Waals surface area (Å²) in [5, 5.41) is 6.49. The van der Waals surface area contributed by atoms with Gasteiger partial charge in [-0.2, -0.15) is 0 Å². The van der Waals surface area contributed by atoms with Gasteiger partial charge in [-0.15, -0.1) is 0 Å². The van der Waals surface area contributed by atoms with E-state index in [1.165, 1.54) is 18.2 Å². The summed E-state index contributed by atoms with van der Waals surface area (Å²) >= 11 is 0.988. The van der Waals surface area contributed by atoms with Crippen LogP contribution in [0.1, 0.15) is 31.4 Å². The largest absolute Gasteiger partial charge is 0.457 e. The topological polar surface area (TPSA) is 94.3 Å². The number of nitrogens with one attached hydrogen (secondary N) is 1. The highest BCUT2D eigenvalue weighted by Crippen LogP contribution is 2.25. The lowest BCUT2D eigenvalue weighted by molar-refractivity contribution is 0.0554. The highest BCUT2D eigenvalue weighted by Gasteiger charge is 2.20. The van der Waals surface area contributed by atoms with E-state index in [4.69, 9.17) is 9.26 Å². The van der Waals surface area contributed by atoms with Gasteiger partial charge in [0.2, 0.25) is 0 Å². The Hall–Kier alpha value is -3.33. The van der Waals surface area contributed by atoms with Crippen LogP contribution in [-0.4, -0.2) is 28.6 Å². The number of rotatable bonds is 6. The van der Waals surface area contributed by atoms with Crippen molar-refractivity contribution in [1.82, 2.24) is 10.1 Å². The fraction of sp³-hybridized carbons (Fsp3) is 0.158. The number of ether oxygens (including phenoxy) is 1. The SMILES string of the molecule is C=CCOC(=O)c1sc(NC(=O)c2cc(-c3ccc(C)c(F)c3)on2)nc1C. The van der Waals surface area contributed by atoms with E-state index in [1.54, 1.807) is 26.0 Å². The second-order valence-electron chi connectivity index (χ2n) is 5.82. The molecule has 0 fully saturated rings. The summed E-state index contributed by atoms with van der Waals surface area (Å²) in [6, 6.07) is 5.99. The summed E-state index contributed by atoms with van der Waals surface area (Å²) in [6.45, 7) is 6.84. The second kappa shape index (κ2) is 8.13. The van der Waals surface area contributed by atoms with Crippen molar-refractivity contribution >= 4 is 28.3 Å². The van der Waals surface area contributed by atoms with E-state index in [0.29, 0.717) is 16.8 Å². The summed E-state index contributed by atoms with van der Waals surface area (Å²) in [6.07, 6.45) is 1.46. The Balaban J connectivity index is 1.73. The molecule has 144 valence electrons. The third-order valence-corrected chi connectivity index (χ3v) is 4.79. The zero-order valence-electron chi connectivity index (χ0n) is 15.1. The lowest BCUT2D eigenvalue weighted by atomic mass is 10.1. The number of esters is 1. The lowest BCUT2D eigenvalue weighted by Gasteiger charge is -1.98. The number of halogens is 1. The maximum absolute atomic E-state index is 13.7. The van der Waals surface area contributed by atoms with Gasteiger partial charge in [-0.3, -0.25) is 10.1 Å². The number of carbonyl (C=O) groups excluding carboxylic acids is 2. The van der Waals surface area contributed by atoms with Crippen LogP contribution in [0.15, 0.2) is 41.4 Å². The van der Waals surface area contributed by atoms with Gasteiger partial charge in [0.1, 0.15) is 17.3 Å². The lowest BCUT2D eigenvalue weighted by Crippen LogP contribution is -2.11. The zero-order chi connectivity index (χ0) is 20.3. The fourth-order valence-electron chi connectivity index (χ4n) is 2.26. The molecule has 1 amide bonds. The normalized spacial score (nSPS) is 10.5. The van der Waals surface area contributed by atoms with Crippen LogP contribution in [0, 0.1) is 19.7 Å². The summed E-state index contributed by atoms with van der Waals surface area (Å²) < 4.78 is 23.8. The van der Waals surface area contributed by atoms with Crippen molar-refractivity contribution in [3.05, 3.63) is 64.6 Å². The predicted octanol–water partition coefficient (Wildman–Crippen LogP) is 4.15. The third-order valence-electron chi connectivity index (χ3n) is 3.73. The number of hydrogen-bond acceptors (Lipinski definition) is 7. The van der Waals surface area contributed by atoms with Gasteiger partial charge in [0.15, 0.2) is 16.6 Å². The van der Waals surface area contributed by atoms with Crippen LogP contribution >= 0.6 is 11.3 Å². The molecular formula is C19H16FN3O4S. The zero-order valence-corrected chi connectivity index (χ0v) is 15.9. The number of carbonyl (C=O) groups is 2. The average molecular weight is 401 g/mol. The first-order valence-electron chi connectivity index (χ1n) is 8.19. The molecular weight excluding hydrogens is 385 g/mol. The molecule has 3 aromatic rings. The molecule has 0 atom stereocenters. The number of aromatic nitrogens is 2. The number of benzene rings is 1. The minimum Gasteiger partial charge on any atom is -0.457 e. The van der Waals surface area contributed by atoms with Crippen LogP contribution in [0.25, 0.3) is 11.3 Å². The van der Waals surface area contributed by atoms with Gasteiger partial charge in [-0.25, -0.2) is 14.2 Å². The van der Waals surface area contributed by atoms with E-state index in [9.17, 15) is 14.0 Å². The first-order valence-corrected chi connectivity index (χ1v) is 9.00. The minimum atomic E-state index is -0.567. The monoisotopic (exact) mass is 401 g/mol. The molecule has 0 saturated heterocycles. The summed E-state index contributed by atoms with van der Waals surface area (Å²) in [5.41, 5.74) is 1.40. The third kappa shape index (κ3) is 4.15. The molecule has 0 radical (unpaired) electrons. The number of thiazole rings is 1. The van der Waals surface area contributed by atoms with Crippen LogP contribution in [0.3, 0.4) is 0 Å². The van der Waals surface area contributed by atoms with E-state index < -0.39 is 11.9 Å². The molecule has 0 unspecified atom stereocenters. The Bertz CT molecular complexity index is 1060.